The van der Waals surface area contributed by atoms with Gasteiger partial charge in [0.05, 0.1) is 17.6 Å². The molecule has 0 radical (unpaired) electrons. The number of nitro benzene ring substituents is 1. The van der Waals surface area contributed by atoms with Gasteiger partial charge in [0.25, 0.3) is 5.69 Å². The minimum atomic E-state index is -0.465. The number of carbonyl (C=O) groups is 1. The van der Waals surface area contributed by atoms with Crippen LogP contribution >= 0.6 is 0 Å². The average molecular weight is 349 g/mol. The molecule has 2 aliphatic rings. The van der Waals surface area contributed by atoms with Gasteiger partial charge in [0.2, 0.25) is 5.91 Å². The molecule has 0 unspecified atom stereocenters. The van der Waals surface area contributed by atoms with E-state index in [9.17, 15) is 14.9 Å². The molecule has 0 aliphatic carbocycles. The normalized spacial score (nSPS) is 22.8. The second-order valence-electron chi connectivity index (χ2n) is 6.59. The zero-order valence-electron chi connectivity index (χ0n) is 14.3. The molecule has 1 amide bonds. The third kappa shape index (κ3) is 4.53. The summed E-state index contributed by atoms with van der Waals surface area (Å²) in [5.41, 5.74) is 0.570. The van der Waals surface area contributed by atoms with Crippen LogP contribution in [0.4, 0.5) is 11.4 Å². The van der Waals surface area contributed by atoms with Crippen molar-refractivity contribution in [1.29, 1.82) is 0 Å². The van der Waals surface area contributed by atoms with Crippen LogP contribution in [0.5, 0.6) is 0 Å². The number of nitrogens with one attached hydrogen (secondary N) is 1. The third-order valence-electron chi connectivity index (χ3n) is 4.63. The lowest BCUT2D eigenvalue weighted by Gasteiger charge is -2.37. The van der Waals surface area contributed by atoms with Gasteiger partial charge in [-0.3, -0.25) is 14.9 Å². The zero-order chi connectivity index (χ0) is 17.9. The van der Waals surface area contributed by atoms with E-state index < -0.39 is 10.7 Å². The maximum absolute atomic E-state index is 12.0. The number of nitro groups is 1. The van der Waals surface area contributed by atoms with E-state index in [-0.39, 0.29) is 17.7 Å². The van der Waals surface area contributed by atoms with E-state index in [1.165, 1.54) is 24.3 Å². The van der Waals surface area contributed by atoms with Crippen LogP contribution in [0.1, 0.15) is 26.2 Å². The number of hydrogen-bond donors (Lipinski definition) is 1. The molecule has 2 saturated heterocycles. The van der Waals surface area contributed by atoms with Crippen LogP contribution in [-0.2, 0) is 14.3 Å². The van der Waals surface area contributed by atoms with E-state index in [0.29, 0.717) is 25.3 Å². The summed E-state index contributed by atoms with van der Waals surface area (Å²) in [6, 6.07) is 5.83. The maximum Gasteiger partial charge on any atom is 0.269 e. The van der Waals surface area contributed by atoms with Crippen LogP contribution in [0.25, 0.3) is 0 Å². The highest BCUT2D eigenvalue weighted by Crippen LogP contribution is 2.33. The van der Waals surface area contributed by atoms with E-state index in [4.69, 9.17) is 9.47 Å². The lowest BCUT2D eigenvalue weighted by molar-refractivity contribution is -0.384. The second kappa shape index (κ2) is 7.47. The fraction of sp³-hybridized carbons (Fsp3) is 0.588. The van der Waals surface area contributed by atoms with Gasteiger partial charge >= 0.3 is 0 Å². The van der Waals surface area contributed by atoms with Crippen LogP contribution in [0, 0.1) is 10.1 Å². The predicted octanol–water partition coefficient (Wildman–Crippen LogP) is 2.15. The molecule has 25 heavy (non-hydrogen) atoms. The van der Waals surface area contributed by atoms with Gasteiger partial charge in [0.1, 0.15) is 0 Å². The lowest BCUT2D eigenvalue weighted by Crippen LogP contribution is -2.46. The monoisotopic (exact) mass is 349 g/mol. The van der Waals surface area contributed by atoms with E-state index in [1.54, 1.807) is 0 Å². The first-order valence-corrected chi connectivity index (χ1v) is 8.54. The van der Waals surface area contributed by atoms with Crippen molar-refractivity contribution in [3.63, 3.8) is 0 Å². The first kappa shape index (κ1) is 17.8. The SMILES string of the molecule is C[C@H]1COC2(CCN(CCC(=O)Nc3ccc([N+](=O)[O-])cc3)CC2)O1. The number of piperidine rings is 1. The van der Waals surface area contributed by atoms with Gasteiger partial charge in [-0.1, -0.05) is 0 Å². The van der Waals surface area contributed by atoms with Gasteiger partial charge in [0, 0.05) is 56.7 Å². The summed E-state index contributed by atoms with van der Waals surface area (Å²) in [7, 11) is 0. The van der Waals surface area contributed by atoms with Crippen molar-refractivity contribution in [2.75, 3.05) is 31.6 Å². The summed E-state index contributed by atoms with van der Waals surface area (Å²) in [6.45, 7) is 5.03. The Hall–Kier alpha value is -2.03. The van der Waals surface area contributed by atoms with Gasteiger partial charge in [-0.15, -0.1) is 0 Å². The molecule has 1 aromatic rings. The Labute approximate surface area is 146 Å². The molecule has 2 heterocycles. The number of rotatable bonds is 5. The first-order valence-electron chi connectivity index (χ1n) is 8.54. The Balaban J connectivity index is 1.40. The molecule has 1 spiro atoms. The number of nitrogens with zero attached hydrogens (tertiary/aromatic N) is 2. The third-order valence-corrected chi connectivity index (χ3v) is 4.63. The Morgan fingerprint density at radius 3 is 2.60 bits per heavy atom. The first-order chi connectivity index (χ1) is 12.0. The number of non-ortho nitro benzene ring substituents is 1. The number of anilines is 1. The van der Waals surface area contributed by atoms with Crippen LogP contribution in [-0.4, -0.2) is 53.9 Å². The Bertz CT molecular complexity index is 626. The van der Waals surface area contributed by atoms with Crippen molar-refractivity contribution >= 4 is 17.3 Å². The lowest BCUT2D eigenvalue weighted by atomic mass is 10.0. The van der Waals surface area contributed by atoms with Crippen LogP contribution < -0.4 is 5.32 Å². The second-order valence-corrected chi connectivity index (χ2v) is 6.59. The molecule has 8 nitrogen and oxygen atoms in total. The quantitative estimate of drug-likeness (QED) is 0.647. The number of likely N-dealkylation sites (tertiary alicyclic amines) is 1. The van der Waals surface area contributed by atoms with Crippen LogP contribution in [0.2, 0.25) is 0 Å². The fourth-order valence-electron chi connectivity index (χ4n) is 3.23. The summed E-state index contributed by atoms with van der Waals surface area (Å²) in [6.07, 6.45) is 2.17. The van der Waals surface area contributed by atoms with Gasteiger partial charge in [-0.25, -0.2) is 0 Å². The highest BCUT2D eigenvalue weighted by atomic mass is 16.7. The van der Waals surface area contributed by atoms with Crippen molar-refractivity contribution in [2.45, 2.75) is 38.1 Å². The van der Waals surface area contributed by atoms with Gasteiger partial charge in [0.15, 0.2) is 5.79 Å². The Morgan fingerprint density at radius 1 is 1.36 bits per heavy atom. The van der Waals surface area contributed by atoms with Crippen molar-refractivity contribution in [1.82, 2.24) is 4.90 Å². The molecular formula is C17H23N3O5. The fourth-order valence-corrected chi connectivity index (χ4v) is 3.23. The number of benzene rings is 1. The molecule has 8 heteroatoms. The smallest absolute Gasteiger partial charge is 0.269 e. The van der Waals surface area contributed by atoms with Crippen molar-refractivity contribution in [2.24, 2.45) is 0 Å². The molecule has 0 bridgehead atoms. The number of hydrogen-bond acceptors (Lipinski definition) is 6. The van der Waals surface area contributed by atoms with E-state index in [0.717, 1.165) is 25.9 Å². The van der Waals surface area contributed by atoms with Crippen LogP contribution in [0.3, 0.4) is 0 Å². The van der Waals surface area contributed by atoms with E-state index in [2.05, 4.69) is 10.2 Å². The van der Waals surface area contributed by atoms with Gasteiger partial charge in [-0.2, -0.15) is 0 Å². The van der Waals surface area contributed by atoms with Crippen molar-refractivity contribution in [3.8, 4) is 0 Å². The van der Waals surface area contributed by atoms with Gasteiger partial charge in [-0.05, 0) is 19.1 Å². The molecule has 1 atom stereocenters. The minimum absolute atomic E-state index is 0.00548. The molecular weight excluding hydrogens is 326 g/mol. The molecule has 1 aromatic carbocycles. The topological polar surface area (TPSA) is 93.9 Å². The summed E-state index contributed by atoms with van der Waals surface area (Å²) in [5, 5.41) is 13.4. The zero-order valence-corrected chi connectivity index (χ0v) is 14.3. The molecule has 3 rings (SSSR count). The van der Waals surface area contributed by atoms with Gasteiger partial charge < -0.3 is 19.7 Å². The molecule has 136 valence electrons. The molecule has 1 N–H and O–H groups in total. The standard InChI is InChI=1S/C17H23N3O5/c1-13-12-24-17(25-13)7-10-19(11-8-17)9-6-16(21)18-14-2-4-15(5-3-14)20(22)23/h2-5,13H,6-12H2,1H3,(H,18,21)/t13-/m0/s1. The highest BCUT2D eigenvalue weighted by molar-refractivity contribution is 5.90. The van der Waals surface area contributed by atoms with Crippen LogP contribution in [0.15, 0.2) is 24.3 Å². The van der Waals surface area contributed by atoms with E-state index in [1.807, 2.05) is 6.92 Å². The molecule has 2 aliphatic heterocycles. The van der Waals surface area contributed by atoms with E-state index >= 15 is 0 Å². The number of carbonyl (C=O) groups excluding carboxylic acids is 1. The average Bonchev–Trinajstić information content (AvgIpc) is 2.95. The largest absolute Gasteiger partial charge is 0.347 e. The minimum Gasteiger partial charge on any atom is -0.347 e. The summed E-state index contributed by atoms with van der Waals surface area (Å²) < 4.78 is 11.7. The molecule has 2 fully saturated rings. The number of amides is 1. The summed E-state index contributed by atoms with van der Waals surface area (Å²) in [5.74, 6) is -0.521. The molecule has 0 aromatic heterocycles. The summed E-state index contributed by atoms with van der Waals surface area (Å²) >= 11 is 0. The Morgan fingerprint density at radius 2 is 2.04 bits per heavy atom. The van der Waals surface area contributed by atoms with Crippen molar-refractivity contribution < 1.29 is 19.2 Å². The predicted molar refractivity (Wildman–Crippen MR) is 91.2 cm³/mol. The summed E-state index contributed by atoms with van der Waals surface area (Å²) in [4.78, 5) is 24.4. The highest BCUT2D eigenvalue weighted by Gasteiger charge is 2.42. The van der Waals surface area contributed by atoms with Crippen molar-refractivity contribution in [3.05, 3.63) is 34.4 Å². The molecule has 0 saturated carbocycles. The maximum atomic E-state index is 12.0. The Kier molecular flexibility index (Phi) is 5.31. The number of ether oxygens (including phenoxy) is 2.